The second-order valence-corrected chi connectivity index (χ2v) is 7.40. The summed E-state index contributed by atoms with van der Waals surface area (Å²) in [5.74, 6) is 0.0263. The predicted octanol–water partition coefficient (Wildman–Crippen LogP) is 4.19. The Labute approximate surface area is 174 Å². The Hall–Kier alpha value is -3.32. The van der Waals surface area contributed by atoms with Gasteiger partial charge in [0.2, 0.25) is 0 Å². The zero-order valence-electron chi connectivity index (χ0n) is 15.3. The Bertz CT molecular complexity index is 1220. The van der Waals surface area contributed by atoms with Crippen LogP contribution in [0.2, 0.25) is 0 Å². The molecule has 0 aliphatic heterocycles. The van der Waals surface area contributed by atoms with Gasteiger partial charge in [0.15, 0.2) is 0 Å². The molecular weight excluding hydrogens is 436 g/mol. The maximum absolute atomic E-state index is 11.6. The van der Waals surface area contributed by atoms with Crippen LogP contribution in [-0.2, 0) is 13.2 Å². The van der Waals surface area contributed by atoms with Crippen molar-refractivity contribution in [3.63, 3.8) is 0 Å². The van der Waals surface area contributed by atoms with E-state index < -0.39 is 11.4 Å². The van der Waals surface area contributed by atoms with Gasteiger partial charge in [-0.2, -0.15) is 0 Å². The van der Waals surface area contributed by atoms with Crippen LogP contribution >= 0.6 is 15.9 Å². The minimum absolute atomic E-state index is 0.180. The molecule has 6 nitrogen and oxygen atoms in total. The maximum Gasteiger partial charge on any atom is 0.440 e. The SMILES string of the molecule is O=c1[nH]c(=O)n(Cc2cccc(-c3ccc(OCc4ccc(Br)cc4)cc3)c2)o1. The van der Waals surface area contributed by atoms with Gasteiger partial charge >= 0.3 is 11.4 Å². The van der Waals surface area contributed by atoms with Crippen LogP contribution in [0.1, 0.15) is 11.1 Å². The standard InChI is InChI=1S/C22H17BrN2O4/c23-19-8-4-15(5-9-19)14-28-20-10-6-17(7-11-20)18-3-1-2-16(12-18)13-25-21(26)24-22(27)29-25/h1-12H,13-14H2,(H,24,26,27). The predicted molar refractivity (Wildman–Crippen MR) is 113 cm³/mol. The second kappa shape index (κ2) is 8.36. The summed E-state index contributed by atoms with van der Waals surface area (Å²) in [6, 6.07) is 23.5. The molecule has 1 heterocycles. The fourth-order valence-corrected chi connectivity index (χ4v) is 3.19. The molecule has 7 heteroatoms. The Morgan fingerprint density at radius 2 is 1.66 bits per heavy atom. The lowest BCUT2D eigenvalue weighted by atomic mass is 10.0. The highest BCUT2D eigenvalue weighted by atomic mass is 79.9. The minimum atomic E-state index is -0.759. The number of halogens is 1. The molecule has 3 aromatic carbocycles. The fourth-order valence-electron chi connectivity index (χ4n) is 2.92. The molecule has 0 fully saturated rings. The topological polar surface area (TPSA) is 77.2 Å². The monoisotopic (exact) mass is 452 g/mol. The van der Waals surface area contributed by atoms with Gasteiger partial charge in [-0.05, 0) is 52.6 Å². The molecule has 4 rings (SSSR count). The molecule has 4 aromatic rings. The van der Waals surface area contributed by atoms with E-state index in [-0.39, 0.29) is 6.54 Å². The first-order valence-electron chi connectivity index (χ1n) is 8.94. The normalized spacial score (nSPS) is 10.8. The molecule has 29 heavy (non-hydrogen) atoms. The molecule has 1 N–H and O–H groups in total. The molecular formula is C22H17BrN2O4. The highest BCUT2D eigenvalue weighted by molar-refractivity contribution is 9.10. The van der Waals surface area contributed by atoms with E-state index in [1.807, 2.05) is 72.8 Å². The zero-order chi connectivity index (χ0) is 20.2. The van der Waals surface area contributed by atoms with Crippen LogP contribution in [0, 0.1) is 0 Å². The minimum Gasteiger partial charge on any atom is -0.489 e. The lowest BCUT2D eigenvalue weighted by Crippen LogP contribution is -2.17. The van der Waals surface area contributed by atoms with Crippen molar-refractivity contribution in [2.75, 3.05) is 0 Å². The van der Waals surface area contributed by atoms with Crippen molar-refractivity contribution in [3.05, 3.63) is 109 Å². The molecule has 0 unspecified atom stereocenters. The van der Waals surface area contributed by atoms with Crippen LogP contribution < -0.4 is 16.2 Å². The van der Waals surface area contributed by atoms with Gasteiger partial charge in [0.05, 0.1) is 6.54 Å². The molecule has 0 aliphatic carbocycles. The van der Waals surface area contributed by atoms with Gasteiger partial charge in [0.1, 0.15) is 12.4 Å². The Morgan fingerprint density at radius 3 is 2.34 bits per heavy atom. The molecule has 0 saturated heterocycles. The average Bonchev–Trinajstić information content (AvgIpc) is 3.05. The van der Waals surface area contributed by atoms with Crippen molar-refractivity contribution in [2.45, 2.75) is 13.2 Å². The molecule has 0 saturated carbocycles. The summed E-state index contributed by atoms with van der Waals surface area (Å²) < 4.78 is 12.7. The number of rotatable bonds is 6. The van der Waals surface area contributed by atoms with Gasteiger partial charge in [-0.3, -0.25) is 0 Å². The average molecular weight is 453 g/mol. The van der Waals surface area contributed by atoms with E-state index in [2.05, 4.69) is 20.9 Å². The Morgan fingerprint density at radius 1 is 0.897 bits per heavy atom. The molecule has 146 valence electrons. The van der Waals surface area contributed by atoms with Crippen LogP contribution in [0.25, 0.3) is 11.1 Å². The fraction of sp³-hybridized carbons (Fsp3) is 0.0909. The van der Waals surface area contributed by atoms with E-state index in [4.69, 9.17) is 9.26 Å². The maximum atomic E-state index is 11.6. The third kappa shape index (κ3) is 4.75. The van der Waals surface area contributed by atoms with Gasteiger partial charge in [-0.25, -0.2) is 14.6 Å². The van der Waals surface area contributed by atoms with E-state index in [9.17, 15) is 9.59 Å². The van der Waals surface area contributed by atoms with Gasteiger partial charge in [0, 0.05) is 4.47 Å². The summed E-state index contributed by atoms with van der Waals surface area (Å²) in [5.41, 5.74) is 3.39. The van der Waals surface area contributed by atoms with Crippen molar-refractivity contribution in [2.24, 2.45) is 0 Å². The largest absolute Gasteiger partial charge is 0.489 e. The summed E-state index contributed by atoms with van der Waals surface area (Å²) in [7, 11) is 0. The quantitative estimate of drug-likeness (QED) is 0.475. The zero-order valence-corrected chi connectivity index (χ0v) is 16.9. The van der Waals surface area contributed by atoms with Gasteiger partial charge in [-0.15, -0.1) is 4.74 Å². The summed E-state index contributed by atoms with van der Waals surface area (Å²) in [6.07, 6.45) is 0. The summed E-state index contributed by atoms with van der Waals surface area (Å²) in [4.78, 5) is 24.8. The van der Waals surface area contributed by atoms with Crippen molar-refractivity contribution in [3.8, 4) is 16.9 Å². The number of benzene rings is 3. The molecule has 0 amide bonds. The van der Waals surface area contributed by atoms with E-state index in [1.54, 1.807) is 0 Å². The number of hydrogen-bond acceptors (Lipinski definition) is 4. The number of nitrogens with zero attached hydrogens (tertiary/aromatic N) is 1. The molecule has 1 aromatic heterocycles. The Balaban J connectivity index is 1.46. The first-order valence-corrected chi connectivity index (χ1v) is 9.73. The first-order chi connectivity index (χ1) is 14.1. The van der Waals surface area contributed by atoms with E-state index in [1.165, 1.54) is 0 Å². The van der Waals surface area contributed by atoms with Crippen molar-refractivity contribution >= 4 is 15.9 Å². The molecule has 0 radical (unpaired) electrons. The van der Waals surface area contributed by atoms with Crippen LogP contribution in [0.15, 0.2) is 91.4 Å². The summed E-state index contributed by atoms with van der Waals surface area (Å²) in [6.45, 7) is 0.679. The van der Waals surface area contributed by atoms with E-state index >= 15 is 0 Å². The van der Waals surface area contributed by atoms with Gasteiger partial charge in [-0.1, -0.05) is 58.4 Å². The summed E-state index contributed by atoms with van der Waals surface area (Å²) >= 11 is 3.42. The molecule has 0 spiro atoms. The smallest absolute Gasteiger partial charge is 0.440 e. The molecule has 0 aliphatic rings. The van der Waals surface area contributed by atoms with E-state index in [0.29, 0.717) is 6.61 Å². The van der Waals surface area contributed by atoms with Crippen molar-refractivity contribution in [1.29, 1.82) is 0 Å². The highest BCUT2D eigenvalue weighted by Crippen LogP contribution is 2.24. The van der Waals surface area contributed by atoms with Gasteiger partial charge < -0.3 is 9.26 Å². The third-order valence-electron chi connectivity index (χ3n) is 4.39. The molecule has 0 bridgehead atoms. The van der Waals surface area contributed by atoms with Crippen molar-refractivity contribution < 1.29 is 9.26 Å². The van der Waals surface area contributed by atoms with Crippen LogP contribution in [0.3, 0.4) is 0 Å². The van der Waals surface area contributed by atoms with E-state index in [0.717, 1.165) is 37.2 Å². The Kier molecular flexibility index (Phi) is 5.48. The lowest BCUT2D eigenvalue weighted by Gasteiger charge is -2.09. The number of hydrogen-bond donors (Lipinski definition) is 1. The lowest BCUT2D eigenvalue weighted by molar-refractivity contribution is 0.258. The molecule has 0 atom stereocenters. The first kappa shape index (κ1) is 19.0. The highest BCUT2D eigenvalue weighted by Gasteiger charge is 2.06. The number of aromatic amines is 1. The number of ether oxygens (including phenoxy) is 1. The second-order valence-electron chi connectivity index (χ2n) is 6.49. The summed E-state index contributed by atoms with van der Waals surface area (Å²) in [5, 5.41) is 0. The van der Waals surface area contributed by atoms with Gasteiger partial charge in [0.25, 0.3) is 0 Å². The number of aromatic nitrogens is 2. The number of nitrogens with one attached hydrogen (secondary N) is 1. The van der Waals surface area contributed by atoms with Crippen molar-refractivity contribution in [1.82, 2.24) is 9.72 Å². The van der Waals surface area contributed by atoms with Crippen LogP contribution in [0.5, 0.6) is 5.75 Å². The number of H-pyrrole nitrogens is 1. The van der Waals surface area contributed by atoms with Crippen LogP contribution in [-0.4, -0.2) is 9.72 Å². The third-order valence-corrected chi connectivity index (χ3v) is 4.92. The van der Waals surface area contributed by atoms with Crippen LogP contribution in [0.4, 0.5) is 0 Å².